The van der Waals surface area contributed by atoms with Crippen LogP contribution in [0.1, 0.15) is 20.8 Å². The number of ether oxygens (including phenoxy) is 1. The molecule has 0 heterocycles. The molecule has 0 aromatic heterocycles. The molecule has 3 aromatic rings. The van der Waals surface area contributed by atoms with Gasteiger partial charge in [0.25, 0.3) is 0 Å². The quantitative estimate of drug-likeness (QED) is 0.298. The van der Waals surface area contributed by atoms with Crippen LogP contribution < -0.4 is 15.3 Å². The summed E-state index contributed by atoms with van der Waals surface area (Å²) in [6.07, 6.45) is 0.105. The number of thioether (sulfide) groups is 1. The van der Waals surface area contributed by atoms with E-state index < -0.39 is 8.15 Å². The van der Waals surface area contributed by atoms with E-state index in [-0.39, 0.29) is 6.10 Å². The molecule has 0 saturated carbocycles. The molecule has 0 N–H and O–H groups in total. The van der Waals surface area contributed by atoms with E-state index in [9.17, 15) is 0 Å². The van der Waals surface area contributed by atoms with E-state index in [0.29, 0.717) is 11.2 Å². The molecule has 2 nitrogen and oxygen atoms in total. The normalized spacial score (nSPS) is 13.4. The smallest absolute Gasteiger partial charge is 0.118 e. The van der Waals surface area contributed by atoms with E-state index in [1.165, 1.54) is 15.5 Å². The zero-order valence-corrected chi connectivity index (χ0v) is 19.2. The summed E-state index contributed by atoms with van der Waals surface area (Å²) in [6.45, 7) is 6.76. The highest BCUT2D eigenvalue weighted by atomic mass is 32.2. The van der Waals surface area contributed by atoms with Crippen LogP contribution in [0, 0.1) is 5.92 Å². The van der Waals surface area contributed by atoms with Crippen LogP contribution >= 0.6 is 19.9 Å². The second-order valence-corrected chi connectivity index (χ2v) is 10.4. The lowest BCUT2D eigenvalue weighted by Gasteiger charge is -2.31. The minimum absolute atomic E-state index is 0.105. The Morgan fingerprint density at radius 2 is 1.24 bits per heavy atom. The van der Waals surface area contributed by atoms with Crippen molar-refractivity contribution in [3.8, 4) is 5.75 Å². The molecule has 0 amide bonds. The molecule has 0 aliphatic rings. The first kappa shape index (κ1) is 21.9. The monoisotopic (exact) mass is 424 g/mol. The second-order valence-electron chi connectivity index (χ2n) is 7.28. The van der Waals surface area contributed by atoms with E-state index >= 15 is 0 Å². The van der Waals surface area contributed by atoms with Crippen LogP contribution in [0.5, 0.6) is 5.75 Å². The van der Waals surface area contributed by atoms with Crippen molar-refractivity contribution in [2.45, 2.75) is 37.0 Å². The van der Waals surface area contributed by atoms with Crippen LogP contribution in [0.4, 0.5) is 0 Å². The molecule has 4 heteroatoms. The van der Waals surface area contributed by atoms with Gasteiger partial charge in [0, 0.05) is 20.8 Å². The van der Waals surface area contributed by atoms with Gasteiger partial charge in [0.15, 0.2) is 0 Å². The maximum Gasteiger partial charge on any atom is 0.118 e. The molecule has 2 atom stereocenters. The van der Waals surface area contributed by atoms with Crippen molar-refractivity contribution in [3.63, 3.8) is 0 Å². The molecule has 152 valence electrons. The van der Waals surface area contributed by atoms with Crippen molar-refractivity contribution in [3.05, 3.63) is 84.9 Å². The average Bonchev–Trinajstić information content (AvgIpc) is 2.77. The highest BCUT2D eigenvalue weighted by molar-refractivity contribution is 8.00. The van der Waals surface area contributed by atoms with Crippen molar-refractivity contribution in [2.75, 3.05) is 7.11 Å². The molecular formula is C25H29O2PS. The third-order valence-electron chi connectivity index (χ3n) is 4.70. The molecule has 0 fully saturated rings. The standard InChI is InChI=1S/C25H29O2PS/c1-19(2)25(29-24-17-15-21(26-4)16-18-24)20(3)27-28(22-11-7-5-8-12-22)23-13-9-6-10-14-23/h5-20,25H,1-4H3/t20-,25+/m0/s1. The molecule has 0 spiro atoms. The molecule has 29 heavy (non-hydrogen) atoms. The largest absolute Gasteiger partial charge is 0.497 e. The van der Waals surface area contributed by atoms with Crippen LogP contribution in [0.15, 0.2) is 89.8 Å². The fourth-order valence-corrected chi connectivity index (χ4v) is 6.31. The zero-order valence-electron chi connectivity index (χ0n) is 17.5. The van der Waals surface area contributed by atoms with Gasteiger partial charge in [-0.3, -0.25) is 0 Å². The lowest BCUT2D eigenvalue weighted by atomic mass is 10.1. The minimum Gasteiger partial charge on any atom is -0.497 e. The van der Waals surface area contributed by atoms with Gasteiger partial charge in [-0.15, -0.1) is 11.8 Å². The van der Waals surface area contributed by atoms with Gasteiger partial charge in [0.1, 0.15) is 5.75 Å². The summed E-state index contributed by atoms with van der Waals surface area (Å²) in [7, 11) is 0.836. The number of rotatable bonds is 9. The lowest BCUT2D eigenvalue weighted by Crippen LogP contribution is -2.29. The SMILES string of the molecule is COc1ccc(S[C@H](C(C)C)[C@H](C)OP(c2ccccc2)c2ccccc2)cc1. The molecule has 0 unspecified atom stereocenters. The van der Waals surface area contributed by atoms with Crippen LogP contribution in [-0.4, -0.2) is 18.5 Å². The van der Waals surface area contributed by atoms with E-state index in [1.54, 1.807) is 7.11 Å². The van der Waals surface area contributed by atoms with Crippen LogP contribution in [-0.2, 0) is 4.52 Å². The highest BCUT2D eigenvalue weighted by Crippen LogP contribution is 2.41. The van der Waals surface area contributed by atoms with E-state index in [0.717, 1.165) is 5.75 Å². The molecule has 3 aromatic carbocycles. The van der Waals surface area contributed by atoms with Crippen LogP contribution in [0.25, 0.3) is 0 Å². The first-order chi connectivity index (χ1) is 14.1. The van der Waals surface area contributed by atoms with Crippen molar-refractivity contribution < 1.29 is 9.26 Å². The maximum atomic E-state index is 6.78. The van der Waals surface area contributed by atoms with Crippen molar-refractivity contribution in [1.29, 1.82) is 0 Å². The summed E-state index contributed by atoms with van der Waals surface area (Å²) in [6, 6.07) is 29.5. The average molecular weight is 425 g/mol. The Kier molecular flexibility index (Phi) is 8.18. The minimum atomic E-state index is -0.863. The van der Waals surface area contributed by atoms with Crippen LogP contribution in [0.3, 0.4) is 0 Å². The van der Waals surface area contributed by atoms with E-state index in [4.69, 9.17) is 9.26 Å². The fourth-order valence-electron chi connectivity index (χ4n) is 3.21. The zero-order chi connectivity index (χ0) is 20.6. The molecule has 0 radical (unpaired) electrons. The maximum absolute atomic E-state index is 6.78. The van der Waals surface area contributed by atoms with Gasteiger partial charge in [-0.2, -0.15) is 0 Å². The van der Waals surface area contributed by atoms with Gasteiger partial charge in [-0.25, -0.2) is 0 Å². The molecule has 0 aliphatic heterocycles. The van der Waals surface area contributed by atoms with Crippen molar-refractivity contribution in [2.24, 2.45) is 5.92 Å². The predicted octanol–water partition coefficient (Wildman–Crippen LogP) is 6.26. The number of hydrogen-bond donors (Lipinski definition) is 0. The third-order valence-corrected chi connectivity index (χ3v) is 8.53. The van der Waals surface area contributed by atoms with Gasteiger partial charge in [0.05, 0.1) is 21.4 Å². The molecule has 0 bridgehead atoms. The number of benzene rings is 3. The molecule has 0 aliphatic carbocycles. The Balaban J connectivity index is 1.81. The fraction of sp³-hybridized carbons (Fsp3) is 0.280. The Labute approximate surface area is 180 Å². The first-order valence-electron chi connectivity index (χ1n) is 9.96. The summed E-state index contributed by atoms with van der Waals surface area (Å²) >= 11 is 1.89. The summed E-state index contributed by atoms with van der Waals surface area (Å²) in [5, 5.41) is 2.84. The van der Waals surface area contributed by atoms with Crippen molar-refractivity contribution in [1.82, 2.24) is 0 Å². The van der Waals surface area contributed by atoms with Gasteiger partial charge >= 0.3 is 0 Å². The molecule has 0 saturated heterocycles. The van der Waals surface area contributed by atoms with Gasteiger partial charge in [-0.1, -0.05) is 74.5 Å². The summed E-state index contributed by atoms with van der Waals surface area (Å²) in [5.41, 5.74) is 0. The van der Waals surface area contributed by atoms with Crippen molar-refractivity contribution >= 4 is 30.5 Å². The topological polar surface area (TPSA) is 18.5 Å². The first-order valence-corrected chi connectivity index (χ1v) is 12.1. The second kappa shape index (κ2) is 10.8. The number of hydrogen-bond acceptors (Lipinski definition) is 3. The third kappa shape index (κ3) is 6.09. The molecular weight excluding hydrogens is 395 g/mol. The van der Waals surface area contributed by atoms with Gasteiger partial charge in [0.2, 0.25) is 0 Å². The van der Waals surface area contributed by atoms with E-state index in [2.05, 4.69) is 93.6 Å². The van der Waals surface area contributed by atoms with Gasteiger partial charge in [-0.05, 0) is 37.1 Å². The van der Waals surface area contributed by atoms with E-state index in [1.807, 2.05) is 23.9 Å². The summed E-state index contributed by atoms with van der Waals surface area (Å²) in [4.78, 5) is 1.24. The Bertz CT molecular complexity index is 814. The predicted molar refractivity (Wildman–Crippen MR) is 127 cm³/mol. The van der Waals surface area contributed by atoms with Crippen LogP contribution in [0.2, 0.25) is 0 Å². The van der Waals surface area contributed by atoms with Gasteiger partial charge < -0.3 is 9.26 Å². The summed E-state index contributed by atoms with van der Waals surface area (Å²) in [5.74, 6) is 1.37. The Morgan fingerprint density at radius 3 is 1.69 bits per heavy atom. The Hall–Kier alpha value is -1.80. The lowest BCUT2D eigenvalue weighted by molar-refractivity contribution is 0.228. The highest BCUT2D eigenvalue weighted by Gasteiger charge is 2.27. The summed E-state index contributed by atoms with van der Waals surface area (Å²) < 4.78 is 12.1. The molecule has 3 rings (SSSR count). The Morgan fingerprint density at radius 1 is 0.724 bits per heavy atom. The number of methoxy groups -OCH3 is 1.